The van der Waals surface area contributed by atoms with Gasteiger partial charge in [-0.2, -0.15) is 11.8 Å². The molecule has 0 rings (SSSR count). The molecule has 100 valence electrons. The summed E-state index contributed by atoms with van der Waals surface area (Å²) in [6, 6.07) is -0.812. The fourth-order valence-corrected chi connectivity index (χ4v) is 1.89. The first-order valence-electron chi connectivity index (χ1n) is 5.66. The maximum atomic E-state index is 10.7. The molecule has 5 nitrogen and oxygen atoms in total. The molecule has 0 fully saturated rings. The van der Waals surface area contributed by atoms with Crippen molar-refractivity contribution in [3.8, 4) is 0 Å². The van der Waals surface area contributed by atoms with Crippen molar-refractivity contribution in [3.63, 3.8) is 0 Å². The zero-order valence-electron chi connectivity index (χ0n) is 10.3. The number of hydrogen-bond acceptors (Lipinski definition) is 4. The molecule has 0 aliphatic heterocycles. The second kappa shape index (κ2) is 10.4. The van der Waals surface area contributed by atoms with E-state index in [-0.39, 0.29) is 0 Å². The maximum absolute atomic E-state index is 10.7. The van der Waals surface area contributed by atoms with E-state index in [1.807, 2.05) is 0 Å². The van der Waals surface area contributed by atoms with E-state index in [1.165, 1.54) is 11.8 Å². The first-order valence-corrected chi connectivity index (χ1v) is 6.81. The molecule has 0 radical (unpaired) electrons. The van der Waals surface area contributed by atoms with E-state index in [4.69, 9.17) is 9.84 Å². The number of aliphatic carboxylic acids is 1. The monoisotopic (exact) mass is 263 g/mol. The van der Waals surface area contributed by atoms with Gasteiger partial charge in [-0.1, -0.05) is 13.8 Å². The molecule has 1 unspecified atom stereocenters. The number of carboxylic acid groups (broad SMARTS) is 1. The minimum atomic E-state index is -1.01. The number of carbonyl (C=O) groups excluding carboxylic acids is 1. The predicted molar refractivity (Wildman–Crippen MR) is 68.2 cm³/mol. The van der Waals surface area contributed by atoms with Crippen LogP contribution in [0.1, 0.15) is 20.3 Å². The third-order valence-electron chi connectivity index (χ3n) is 2.06. The summed E-state index contributed by atoms with van der Waals surface area (Å²) in [4.78, 5) is 20.8. The van der Waals surface area contributed by atoms with Crippen LogP contribution >= 0.6 is 11.8 Å². The predicted octanol–water partition coefficient (Wildman–Crippen LogP) is 0.981. The van der Waals surface area contributed by atoms with Gasteiger partial charge in [0.25, 0.3) is 0 Å². The van der Waals surface area contributed by atoms with E-state index < -0.39 is 12.0 Å². The molecule has 0 aliphatic rings. The smallest absolute Gasteiger partial charge is 0.327 e. The van der Waals surface area contributed by atoms with E-state index in [0.717, 1.165) is 18.8 Å². The molecule has 0 bridgehead atoms. The SMILES string of the molecule is CC(C)CCOCCSCC(NC=O)C(=O)O. The highest BCUT2D eigenvalue weighted by Crippen LogP contribution is 2.04. The largest absolute Gasteiger partial charge is 0.480 e. The van der Waals surface area contributed by atoms with Crippen molar-refractivity contribution >= 4 is 24.1 Å². The normalized spacial score (nSPS) is 12.4. The lowest BCUT2D eigenvalue weighted by Gasteiger charge is -2.10. The van der Waals surface area contributed by atoms with Crippen LogP contribution in [0.3, 0.4) is 0 Å². The van der Waals surface area contributed by atoms with Crippen LogP contribution in [0, 0.1) is 5.92 Å². The summed E-state index contributed by atoms with van der Waals surface area (Å²) in [5, 5.41) is 11.0. The van der Waals surface area contributed by atoms with Crippen LogP contribution in [-0.4, -0.2) is 48.2 Å². The van der Waals surface area contributed by atoms with Gasteiger partial charge in [-0.15, -0.1) is 0 Å². The third kappa shape index (κ3) is 10.1. The van der Waals surface area contributed by atoms with Crippen LogP contribution in [0.5, 0.6) is 0 Å². The summed E-state index contributed by atoms with van der Waals surface area (Å²) >= 11 is 1.46. The Labute approximate surface area is 106 Å². The quantitative estimate of drug-likeness (QED) is 0.429. The third-order valence-corrected chi connectivity index (χ3v) is 3.09. The maximum Gasteiger partial charge on any atom is 0.327 e. The Hall–Kier alpha value is -0.750. The molecule has 0 saturated carbocycles. The van der Waals surface area contributed by atoms with Gasteiger partial charge >= 0.3 is 5.97 Å². The van der Waals surface area contributed by atoms with Crippen molar-refractivity contribution in [2.75, 3.05) is 24.7 Å². The molecule has 0 saturated heterocycles. The summed E-state index contributed by atoms with van der Waals surface area (Å²) < 4.78 is 5.39. The van der Waals surface area contributed by atoms with Crippen molar-refractivity contribution in [2.24, 2.45) is 5.92 Å². The molecule has 6 heteroatoms. The lowest BCUT2D eigenvalue weighted by atomic mass is 10.1. The van der Waals surface area contributed by atoms with Crippen molar-refractivity contribution in [3.05, 3.63) is 0 Å². The number of hydrogen-bond donors (Lipinski definition) is 2. The van der Waals surface area contributed by atoms with Crippen molar-refractivity contribution < 1.29 is 19.4 Å². The topological polar surface area (TPSA) is 75.6 Å². The molecule has 0 spiro atoms. The van der Waals surface area contributed by atoms with Crippen LogP contribution in [0.2, 0.25) is 0 Å². The van der Waals surface area contributed by atoms with Gasteiger partial charge in [0.05, 0.1) is 6.61 Å². The lowest BCUT2D eigenvalue weighted by molar-refractivity contribution is -0.139. The van der Waals surface area contributed by atoms with E-state index in [0.29, 0.717) is 24.7 Å². The van der Waals surface area contributed by atoms with Gasteiger partial charge < -0.3 is 15.2 Å². The second-order valence-corrected chi connectivity index (χ2v) is 5.19. The number of ether oxygens (including phenoxy) is 1. The standard InChI is InChI=1S/C11H21NO4S/c1-9(2)3-4-16-5-6-17-7-10(11(14)15)12-8-13/h8-10H,3-7H2,1-2H3,(H,12,13)(H,14,15). The van der Waals surface area contributed by atoms with E-state index in [2.05, 4.69) is 19.2 Å². The first-order chi connectivity index (χ1) is 8.07. The van der Waals surface area contributed by atoms with Gasteiger partial charge in [0, 0.05) is 18.1 Å². The van der Waals surface area contributed by atoms with Gasteiger partial charge in [0.15, 0.2) is 0 Å². The minimum Gasteiger partial charge on any atom is -0.480 e. The molecule has 0 aromatic heterocycles. The summed E-state index contributed by atoms with van der Waals surface area (Å²) in [6.07, 6.45) is 1.45. The van der Waals surface area contributed by atoms with Crippen molar-refractivity contribution in [1.82, 2.24) is 5.32 Å². The Kier molecular flexibility index (Phi) is 9.95. The van der Waals surface area contributed by atoms with Gasteiger partial charge in [-0.05, 0) is 12.3 Å². The zero-order valence-corrected chi connectivity index (χ0v) is 11.2. The van der Waals surface area contributed by atoms with Crippen molar-refractivity contribution in [1.29, 1.82) is 0 Å². The van der Waals surface area contributed by atoms with Crippen LogP contribution in [-0.2, 0) is 14.3 Å². The zero-order chi connectivity index (χ0) is 13.1. The number of nitrogens with one attached hydrogen (secondary N) is 1. The van der Waals surface area contributed by atoms with Gasteiger partial charge in [0.2, 0.25) is 6.41 Å². The van der Waals surface area contributed by atoms with E-state index in [9.17, 15) is 9.59 Å². The number of thioether (sulfide) groups is 1. The molecule has 17 heavy (non-hydrogen) atoms. The van der Waals surface area contributed by atoms with Crippen molar-refractivity contribution in [2.45, 2.75) is 26.3 Å². The second-order valence-electron chi connectivity index (χ2n) is 4.05. The lowest BCUT2D eigenvalue weighted by Crippen LogP contribution is -2.38. The highest BCUT2D eigenvalue weighted by atomic mass is 32.2. The molecule has 0 heterocycles. The number of amides is 1. The van der Waals surface area contributed by atoms with Crippen LogP contribution in [0.4, 0.5) is 0 Å². The Balaban J connectivity index is 3.42. The van der Waals surface area contributed by atoms with Gasteiger partial charge in [0.1, 0.15) is 6.04 Å². The molecule has 0 aliphatic carbocycles. The Morgan fingerprint density at radius 2 is 2.18 bits per heavy atom. The van der Waals surface area contributed by atoms with Gasteiger partial charge in [-0.25, -0.2) is 4.79 Å². The van der Waals surface area contributed by atoms with E-state index >= 15 is 0 Å². The Morgan fingerprint density at radius 1 is 1.47 bits per heavy atom. The average Bonchev–Trinajstić information content (AvgIpc) is 2.25. The molecule has 1 amide bonds. The number of carbonyl (C=O) groups is 2. The molecule has 1 atom stereocenters. The molecular formula is C11H21NO4S. The molecule has 0 aromatic carbocycles. The molecule has 0 aromatic rings. The minimum absolute atomic E-state index is 0.363. The fraction of sp³-hybridized carbons (Fsp3) is 0.818. The Morgan fingerprint density at radius 3 is 2.71 bits per heavy atom. The summed E-state index contributed by atoms with van der Waals surface area (Å²) in [5.74, 6) is 0.727. The van der Waals surface area contributed by atoms with Crippen LogP contribution in [0.15, 0.2) is 0 Å². The number of carboxylic acids is 1. The summed E-state index contributed by atoms with van der Waals surface area (Å²) in [7, 11) is 0. The molecule has 2 N–H and O–H groups in total. The van der Waals surface area contributed by atoms with Crippen LogP contribution in [0.25, 0.3) is 0 Å². The first kappa shape index (κ1) is 16.2. The average molecular weight is 263 g/mol. The molecular weight excluding hydrogens is 242 g/mol. The number of rotatable bonds is 11. The highest BCUT2D eigenvalue weighted by molar-refractivity contribution is 7.99. The van der Waals surface area contributed by atoms with Gasteiger partial charge in [-0.3, -0.25) is 4.79 Å². The Bertz CT molecular complexity index is 224. The van der Waals surface area contributed by atoms with E-state index in [1.54, 1.807) is 0 Å². The van der Waals surface area contributed by atoms with Crippen LogP contribution < -0.4 is 5.32 Å². The highest BCUT2D eigenvalue weighted by Gasteiger charge is 2.15. The summed E-state index contributed by atoms with van der Waals surface area (Å²) in [5.41, 5.74) is 0. The fourth-order valence-electron chi connectivity index (χ4n) is 1.01. The summed E-state index contributed by atoms with van der Waals surface area (Å²) in [6.45, 7) is 5.64.